The molecule has 1 atom stereocenters. The van der Waals surface area contributed by atoms with Gasteiger partial charge in [-0.15, -0.1) is 0 Å². The van der Waals surface area contributed by atoms with E-state index in [1.807, 2.05) is 6.07 Å². The van der Waals surface area contributed by atoms with Crippen molar-refractivity contribution < 1.29 is 9.13 Å². The maximum absolute atomic E-state index is 13.3. The maximum atomic E-state index is 13.3. The van der Waals surface area contributed by atoms with Crippen LogP contribution >= 0.6 is 0 Å². The smallest absolute Gasteiger partial charge is 0.167 e. The van der Waals surface area contributed by atoms with Crippen molar-refractivity contribution >= 4 is 5.69 Å². The number of halogens is 1. The lowest BCUT2D eigenvalue weighted by atomic mass is 10.1. The van der Waals surface area contributed by atoms with Gasteiger partial charge in [0.05, 0.1) is 7.11 Å². The highest BCUT2D eigenvalue weighted by molar-refractivity contribution is 5.47. The summed E-state index contributed by atoms with van der Waals surface area (Å²) in [5.74, 6) is 0.450. The van der Waals surface area contributed by atoms with E-state index in [0.29, 0.717) is 12.0 Å². The summed E-state index contributed by atoms with van der Waals surface area (Å²) in [7, 11) is 1.46. The standard InChI is InChI=1S/C12H18FNO/c1-8(2)9(3)14-10-5-6-12(15-4)11(13)7-10/h5-9,14H,1-4H3/t9-/m0/s1. The predicted molar refractivity (Wildman–Crippen MR) is 60.9 cm³/mol. The molecule has 1 rings (SSSR count). The SMILES string of the molecule is COc1ccc(N[C@@H](C)C(C)C)cc1F. The Balaban J connectivity index is 2.75. The Morgan fingerprint density at radius 1 is 1.27 bits per heavy atom. The Hall–Kier alpha value is -1.25. The Morgan fingerprint density at radius 2 is 1.93 bits per heavy atom. The van der Waals surface area contributed by atoms with Gasteiger partial charge in [-0.3, -0.25) is 0 Å². The lowest BCUT2D eigenvalue weighted by molar-refractivity contribution is 0.386. The zero-order chi connectivity index (χ0) is 11.4. The highest BCUT2D eigenvalue weighted by Crippen LogP contribution is 2.21. The molecule has 0 amide bonds. The highest BCUT2D eigenvalue weighted by atomic mass is 19.1. The second-order valence-electron chi connectivity index (χ2n) is 4.03. The van der Waals surface area contributed by atoms with Crippen molar-refractivity contribution in [1.29, 1.82) is 0 Å². The summed E-state index contributed by atoms with van der Waals surface area (Å²) in [5.41, 5.74) is 0.787. The van der Waals surface area contributed by atoms with Crippen LogP contribution in [0.4, 0.5) is 10.1 Å². The number of nitrogens with one attached hydrogen (secondary N) is 1. The fourth-order valence-corrected chi connectivity index (χ4v) is 1.19. The lowest BCUT2D eigenvalue weighted by Crippen LogP contribution is -2.21. The van der Waals surface area contributed by atoms with Crippen molar-refractivity contribution in [3.8, 4) is 5.75 Å². The summed E-state index contributed by atoms with van der Waals surface area (Å²) >= 11 is 0. The van der Waals surface area contributed by atoms with E-state index >= 15 is 0 Å². The molecule has 0 aliphatic heterocycles. The molecule has 0 heterocycles. The number of anilines is 1. The molecule has 84 valence electrons. The van der Waals surface area contributed by atoms with Crippen LogP contribution in [0.2, 0.25) is 0 Å². The van der Waals surface area contributed by atoms with Crippen molar-refractivity contribution in [2.24, 2.45) is 5.92 Å². The van der Waals surface area contributed by atoms with E-state index in [2.05, 4.69) is 26.1 Å². The molecule has 0 aliphatic rings. The quantitative estimate of drug-likeness (QED) is 0.825. The second-order valence-corrected chi connectivity index (χ2v) is 4.03. The predicted octanol–water partition coefficient (Wildman–Crippen LogP) is 3.29. The van der Waals surface area contributed by atoms with E-state index < -0.39 is 0 Å². The Morgan fingerprint density at radius 3 is 2.40 bits per heavy atom. The topological polar surface area (TPSA) is 21.3 Å². The van der Waals surface area contributed by atoms with Crippen LogP contribution in [-0.4, -0.2) is 13.2 Å². The molecular formula is C12H18FNO. The van der Waals surface area contributed by atoms with Crippen LogP contribution in [0, 0.1) is 11.7 Å². The van der Waals surface area contributed by atoms with Gasteiger partial charge in [-0.1, -0.05) is 13.8 Å². The molecule has 1 aromatic carbocycles. The van der Waals surface area contributed by atoms with Gasteiger partial charge in [-0.05, 0) is 25.0 Å². The molecule has 0 aliphatic carbocycles. The van der Waals surface area contributed by atoms with Crippen LogP contribution in [0.15, 0.2) is 18.2 Å². The second kappa shape index (κ2) is 5.01. The minimum absolute atomic E-state index is 0.276. The van der Waals surface area contributed by atoms with Crippen molar-refractivity contribution in [2.75, 3.05) is 12.4 Å². The van der Waals surface area contributed by atoms with Gasteiger partial charge in [0.15, 0.2) is 11.6 Å². The molecule has 0 bridgehead atoms. The van der Waals surface area contributed by atoms with Gasteiger partial charge in [0.2, 0.25) is 0 Å². The van der Waals surface area contributed by atoms with Gasteiger partial charge in [-0.25, -0.2) is 4.39 Å². The first kappa shape index (κ1) is 11.8. The molecule has 1 N–H and O–H groups in total. The zero-order valence-corrected chi connectivity index (χ0v) is 9.67. The first-order valence-electron chi connectivity index (χ1n) is 5.14. The molecule has 0 aromatic heterocycles. The highest BCUT2D eigenvalue weighted by Gasteiger charge is 2.08. The van der Waals surface area contributed by atoms with Gasteiger partial charge in [0.25, 0.3) is 0 Å². The molecule has 0 unspecified atom stereocenters. The summed E-state index contributed by atoms with van der Waals surface area (Å²) < 4.78 is 18.2. The Labute approximate surface area is 90.4 Å². The van der Waals surface area contributed by atoms with E-state index in [0.717, 1.165) is 5.69 Å². The van der Waals surface area contributed by atoms with Crippen molar-refractivity contribution in [3.63, 3.8) is 0 Å². The van der Waals surface area contributed by atoms with Crippen molar-refractivity contribution in [2.45, 2.75) is 26.8 Å². The van der Waals surface area contributed by atoms with Crippen LogP contribution in [-0.2, 0) is 0 Å². The summed E-state index contributed by atoms with van der Waals surface area (Å²) in [6.45, 7) is 6.32. The van der Waals surface area contributed by atoms with Gasteiger partial charge in [0.1, 0.15) is 0 Å². The molecule has 1 aromatic rings. The maximum Gasteiger partial charge on any atom is 0.167 e. The van der Waals surface area contributed by atoms with Crippen molar-refractivity contribution in [1.82, 2.24) is 0 Å². The summed E-state index contributed by atoms with van der Waals surface area (Å²) in [4.78, 5) is 0. The first-order valence-corrected chi connectivity index (χ1v) is 5.14. The van der Waals surface area contributed by atoms with E-state index in [4.69, 9.17) is 4.74 Å². The third-order valence-corrected chi connectivity index (χ3v) is 2.55. The summed E-state index contributed by atoms with van der Waals surface area (Å²) in [5, 5.41) is 3.24. The fraction of sp³-hybridized carbons (Fsp3) is 0.500. The van der Waals surface area contributed by atoms with Crippen LogP contribution in [0.25, 0.3) is 0 Å². The average molecular weight is 211 g/mol. The molecule has 2 nitrogen and oxygen atoms in total. The Kier molecular flexibility index (Phi) is 3.95. The zero-order valence-electron chi connectivity index (χ0n) is 9.67. The molecule has 3 heteroatoms. The molecule has 0 saturated heterocycles. The fourth-order valence-electron chi connectivity index (χ4n) is 1.19. The monoisotopic (exact) mass is 211 g/mol. The summed E-state index contributed by atoms with van der Waals surface area (Å²) in [6.07, 6.45) is 0. The number of ether oxygens (including phenoxy) is 1. The first-order chi connectivity index (χ1) is 7.04. The van der Waals surface area contributed by atoms with Gasteiger partial charge in [-0.2, -0.15) is 0 Å². The van der Waals surface area contributed by atoms with Gasteiger partial charge < -0.3 is 10.1 Å². The number of rotatable bonds is 4. The molecule has 0 radical (unpaired) electrons. The van der Waals surface area contributed by atoms with Crippen LogP contribution < -0.4 is 10.1 Å². The minimum Gasteiger partial charge on any atom is -0.494 e. The average Bonchev–Trinajstić information content (AvgIpc) is 2.18. The van der Waals surface area contributed by atoms with Crippen LogP contribution in [0.5, 0.6) is 5.75 Å². The van der Waals surface area contributed by atoms with Crippen LogP contribution in [0.1, 0.15) is 20.8 Å². The van der Waals surface area contributed by atoms with E-state index in [9.17, 15) is 4.39 Å². The van der Waals surface area contributed by atoms with E-state index in [-0.39, 0.29) is 11.6 Å². The largest absolute Gasteiger partial charge is 0.494 e. The van der Waals surface area contributed by atoms with E-state index in [1.54, 1.807) is 6.07 Å². The summed E-state index contributed by atoms with van der Waals surface area (Å²) in [6, 6.07) is 5.22. The third kappa shape index (κ3) is 3.11. The minimum atomic E-state index is -0.335. The number of methoxy groups -OCH3 is 1. The number of hydrogen-bond acceptors (Lipinski definition) is 2. The van der Waals surface area contributed by atoms with E-state index in [1.165, 1.54) is 13.2 Å². The molecule has 0 fully saturated rings. The molecule has 15 heavy (non-hydrogen) atoms. The number of benzene rings is 1. The number of hydrogen-bond donors (Lipinski definition) is 1. The lowest BCUT2D eigenvalue weighted by Gasteiger charge is -2.19. The van der Waals surface area contributed by atoms with Crippen LogP contribution in [0.3, 0.4) is 0 Å². The molecule has 0 spiro atoms. The van der Waals surface area contributed by atoms with Gasteiger partial charge in [0, 0.05) is 17.8 Å². The van der Waals surface area contributed by atoms with Gasteiger partial charge >= 0.3 is 0 Å². The normalized spacial score (nSPS) is 12.7. The Bertz CT molecular complexity index is 325. The third-order valence-electron chi connectivity index (χ3n) is 2.55. The van der Waals surface area contributed by atoms with Crippen molar-refractivity contribution in [3.05, 3.63) is 24.0 Å². The molecular weight excluding hydrogens is 193 g/mol. The molecule has 0 saturated carbocycles.